The maximum absolute atomic E-state index is 10.8. The van der Waals surface area contributed by atoms with Crippen LogP contribution < -0.4 is 4.18 Å². The minimum Gasteiger partial charge on any atom is -0.382 e. The minimum absolute atomic E-state index is 0.00282. The van der Waals surface area contributed by atoms with Crippen molar-refractivity contribution in [3.8, 4) is 5.75 Å². The first-order valence-corrected chi connectivity index (χ1v) is 5.60. The number of hydrogen-bond donors (Lipinski definition) is 0. The second kappa shape index (κ2) is 3.23. The second-order valence-electron chi connectivity index (χ2n) is 1.89. The van der Waals surface area contributed by atoms with E-state index in [1.54, 1.807) is 23.8 Å². The molecule has 5 heteroatoms. The molecule has 0 saturated heterocycles. The molecular formula is C6H8O3S2. The standard InChI is InChI=1S/C6H8O3S2/c1-2-11(7,8)9-6-3-4-10-5-6/h3-5H,2H2,1H3. The fourth-order valence-electron chi connectivity index (χ4n) is 0.505. The minimum atomic E-state index is -3.34. The molecule has 11 heavy (non-hydrogen) atoms. The van der Waals surface area contributed by atoms with Gasteiger partial charge in [0.1, 0.15) is 0 Å². The van der Waals surface area contributed by atoms with E-state index >= 15 is 0 Å². The fourth-order valence-corrected chi connectivity index (χ4v) is 1.63. The zero-order valence-electron chi connectivity index (χ0n) is 5.98. The largest absolute Gasteiger partial charge is 0.382 e. The molecule has 1 rings (SSSR count). The van der Waals surface area contributed by atoms with Crippen LogP contribution in [0.25, 0.3) is 0 Å². The Morgan fingerprint density at radius 3 is 2.82 bits per heavy atom. The van der Waals surface area contributed by atoms with Gasteiger partial charge in [-0.15, -0.1) is 11.3 Å². The van der Waals surface area contributed by atoms with Crippen molar-refractivity contribution < 1.29 is 12.6 Å². The lowest BCUT2D eigenvalue weighted by molar-refractivity contribution is 0.488. The maximum atomic E-state index is 10.8. The zero-order chi connectivity index (χ0) is 8.32. The Morgan fingerprint density at radius 2 is 2.36 bits per heavy atom. The van der Waals surface area contributed by atoms with Gasteiger partial charge in [0, 0.05) is 5.38 Å². The van der Waals surface area contributed by atoms with Crippen molar-refractivity contribution in [2.45, 2.75) is 6.92 Å². The van der Waals surface area contributed by atoms with Crippen molar-refractivity contribution in [2.75, 3.05) is 5.75 Å². The summed E-state index contributed by atoms with van der Waals surface area (Å²) >= 11 is 1.40. The van der Waals surface area contributed by atoms with Gasteiger partial charge in [-0.2, -0.15) is 8.42 Å². The molecule has 1 aromatic heterocycles. The molecule has 0 fully saturated rings. The van der Waals surface area contributed by atoms with Gasteiger partial charge in [0.25, 0.3) is 0 Å². The van der Waals surface area contributed by atoms with Crippen molar-refractivity contribution in [1.29, 1.82) is 0 Å². The predicted octanol–water partition coefficient (Wildman–Crippen LogP) is 1.48. The second-order valence-corrected chi connectivity index (χ2v) is 4.53. The monoisotopic (exact) mass is 192 g/mol. The van der Waals surface area contributed by atoms with Crippen molar-refractivity contribution in [1.82, 2.24) is 0 Å². The highest BCUT2D eigenvalue weighted by Gasteiger charge is 2.08. The van der Waals surface area contributed by atoms with Crippen molar-refractivity contribution in [2.24, 2.45) is 0 Å². The summed E-state index contributed by atoms with van der Waals surface area (Å²) < 4.78 is 26.4. The molecule has 62 valence electrons. The molecule has 0 aliphatic rings. The fraction of sp³-hybridized carbons (Fsp3) is 0.333. The Kier molecular flexibility index (Phi) is 2.51. The molecule has 0 unspecified atom stereocenters. The van der Waals surface area contributed by atoms with E-state index in [1.165, 1.54) is 11.3 Å². The van der Waals surface area contributed by atoms with Crippen molar-refractivity contribution in [3.05, 3.63) is 16.8 Å². The molecular weight excluding hydrogens is 184 g/mol. The first-order chi connectivity index (χ1) is 5.14. The summed E-state index contributed by atoms with van der Waals surface area (Å²) in [5.74, 6) is 0.403. The van der Waals surface area contributed by atoms with Crippen LogP contribution in [0.3, 0.4) is 0 Å². The average molecular weight is 192 g/mol. The third kappa shape index (κ3) is 2.51. The van der Waals surface area contributed by atoms with Gasteiger partial charge in [0.15, 0.2) is 5.75 Å². The quantitative estimate of drug-likeness (QED) is 0.681. The normalized spacial score (nSPS) is 11.4. The highest BCUT2D eigenvalue weighted by Crippen LogP contribution is 2.16. The summed E-state index contributed by atoms with van der Waals surface area (Å²) in [6.45, 7) is 1.54. The molecule has 0 N–H and O–H groups in total. The molecule has 0 amide bonds. The van der Waals surface area contributed by atoms with E-state index in [0.717, 1.165) is 0 Å². The molecule has 0 aromatic carbocycles. The summed E-state index contributed by atoms with van der Waals surface area (Å²) in [5, 5.41) is 3.41. The Balaban J connectivity index is 2.72. The summed E-state index contributed by atoms with van der Waals surface area (Å²) in [4.78, 5) is 0. The summed E-state index contributed by atoms with van der Waals surface area (Å²) in [7, 11) is -3.34. The average Bonchev–Trinajstić information content (AvgIpc) is 2.39. The summed E-state index contributed by atoms with van der Waals surface area (Å²) in [6, 6.07) is 1.62. The van der Waals surface area contributed by atoms with E-state index in [9.17, 15) is 8.42 Å². The van der Waals surface area contributed by atoms with Gasteiger partial charge in [-0.25, -0.2) is 0 Å². The third-order valence-electron chi connectivity index (χ3n) is 1.07. The van der Waals surface area contributed by atoms with Crippen molar-refractivity contribution >= 4 is 21.5 Å². The lowest BCUT2D eigenvalue weighted by atomic mass is 10.6. The van der Waals surface area contributed by atoms with E-state index in [2.05, 4.69) is 4.18 Å². The lowest BCUT2D eigenvalue weighted by Crippen LogP contribution is -2.10. The van der Waals surface area contributed by atoms with Crippen LogP contribution in [-0.4, -0.2) is 14.2 Å². The number of hydrogen-bond acceptors (Lipinski definition) is 4. The molecule has 3 nitrogen and oxygen atoms in total. The Hall–Kier alpha value is -0.550. The van der Waals surface area contributed by atoms with Gasteiger partial charge < -0.3 is 4.18 Å². The first-order valence-electron chi connectivity index (χ1n) is 3.08. The van der Waals surface area contributed by atoms with E-state index < -0.39 is 10.1 Å². The van der Waals surface area contributed by atoms with Gasteiger partial charge >= 0.3 is 10.1 Å². The van der Waals surface area contributed by atoms with Crippen LogP contribution in [0, 0.1) is 0 Å². The van der Waals surface area contributed by atoms with E-state index in [4.69, 9.17) is 0 Å². The summed E-state index contributed by atoms with van der Waals surface area (Å²) in [6.07, 6.45) is 0. The predicted molar refractivity (Wildman–Crippen MR) is 44.4 cm³/mol. The van der Waals surface area contributed by atoms with Gasteiger partial charge in [-0.1, -0.05) is 0 Å². The van der Waals surface area contributed by atoms with Crippen LogP contribution in [0.15, 0.2) is 16.8 Å². The SMILES string of the molecule is CCS(=O)(=O)Oc1ccsc1. The van der Waals surface area contributed by atoms with Crippen LogP contribution in [0.1, 0.15) is 6.92 Å². The Bertz CT molecular complexity index is 299. The molecule has 0 aliphatic heterocycles. The maximum Gasteiger partial charge on any atom is 0.308 e. The van der Waals surface area contributed by atoms with E-state index in [-0.39, 0.29) is 5.75 Å². The third-order valence-corrected chi connectivity index (χ3v) is 2.89. The van der Waals surface area contributed by atoms with Gasteiger partial charge in [0.2, 0.25) is 0 Å². The van der Waals surface area contributed by atoms with Crippen LogP contribution in [0.5, 0.6) is 5.75 Å². The number of thiophene rings is 1. The molecule has 0 radical (unpaired) electrons. The molecule has 0 spiro atoms. The molecule has 0 bridgehead atoms. The van der Waals surface area contributed by atoms with Crippen LogP contribution >= 0.6 is 11.3 Å². The topological polar surface area (TPSA) is 43.4 Å². The zero-order valence-corrected chi connectivity index (χ0v) is 7.61. The molecule has 1 heterocycles. The summed E-state index contributed by atoms with van der Waals surface area (Å²) in [5.41, 5.74) is 0. The van der Waals surface area contributed by atoms with Crippen LogP contribution in [0.2, 0.25) is 0 Å². The molecule has 0 saturated carbocycles. The van der Waals surface area contributed by atoms with E-state index in [0.29, 0.717) is 5.75 Å². The van der Waals surface area contributed by atoms with Crippen LogP contribution in [-0.2, 0) is 10.1 Å². The highest BCUT2D eigenvalue weighted by atomic mass is 32.2. The van der Waals surface area contributed by atoms with Gasteiger partial charge in [-0.3, -0.25) is 0 Å². The first kappa shape index (κ1) is 8.55. The Labute approximate surface area is 69.7 Å². The van der Waals surface area contributed by atoms with Gasteiger partial charge in [-0.05, 0) is 18.4 Å². The number of rotatable bonds is 3. The lowest BCUT2D eigenvalue weighted by Gasteiger charge is -2.00. The molecule has 0 aliphatic carbocycles. The van der Waals surface area contributed by atoms with Crippen LogP contribution in [0.4, 0.5) is 0 Å². The van der Waals surface area contributed by atoms with Gasteiger partial charge in [0.05, 0.1) is 5.75 Å². The van der Waals surface area contributed by atoms with E-state index in [1.807, 2.05) is 0 Å². The molecule has 1 aromatic rings. The Morgan fingerprint density at radius 1 is 1.64 bits per heavy atom. The molecule has 0 atom stereocenters. The highest BCUT2D eigenvalue weighted by molar-refractivity contribution is 7.87. The smallest absolute Gasteiger partial charge is 0.308 e. The van der Waals surface area contributed by atoms with Crippen molar-refractivity contribution in [3.63, 3.8) is 0 Å².